The number of nitrogens with zero attached hydrogens (tertiary/aromatic N) is 3. The van der Waals surface area contributed by atoms with Gasteiger partial charge in [-0.05, 0) is 44.4 Å². The van der Waals surface area contributed by atoms with Crippen molar-refractivity contribution in [2.75, 3.05) is 6.54 Å². The molecule has 0 saturated carbocycles. The maximum absolute atomic E-state index is 5.48. The molecule has 3 heterocycles. The molecule has 1 aliphatic rings. The Kier molecular flexibility index (Phi) is 4.40. The summed E-state index contributed by atoms with van der Waals surface area (Å²) in [6, 6.07) is 11.0. The van der Waals surface area contributed by atoms with Crippen molar-refractivity contribution in [2.45, 2.75) is 45.7 Å². The Morgan fingerprint density at radius 1 is 1.24 bits per heavy atom. The lowest BCUT2D eigenvalue weighted by Crippen LogP contribution is -2.33. The largest absolute Gasteiger partial charge is 0.356 e. The SMILES string of the molecule is Cc1cc(-c2cn[nH]c2[C@H]2CCCCN2Cc2ccccc2C)on1. The average Bonchev–Trinajstić information content (AvgIpc) is 3.26. The Balaban J connectivity index is 1.64. The molecular formula is C20H24N4O. The van der Waals surface area contributed by atoms with E-state index in [1.165, 1.54) is 24.0 Å². The number of rotatable bonds is 4. The summed E-state index contributed by atoms with van der Waals surface area (Å²) in [5.41, 5.74) is 5.81. The fourth-order valence-corrected chi connectivity index (χ4v) is 3.75. The van der Waals surface area contributed by atoms with E-state index in [2.05, 4.69) is 51.4 Å². The normalized spacial score (nSPS) is 18.6. The van der Waals surface area contributed by atoms with Crippen LogP contribution in [0.3, 0.4) is 0 Å². The molecule has 4 rings (SSSR count). The standard InChI is InChI=1S/C20H24N4O/c1-14-7-3-4-8-16(14)13-24-10-6-5-9-18(24)20-17(12-21-22-20)19-11-15(2)23-25-19/h3-4,7-8,11-12,18H,5-6,9-10,13H2,1-2H3,(H,21,22)/t18-/m1/s1. The van der Waals surface area contributed by atoms with E-state index in [-0.39, 0.29) is 0 Å². The van der Waals surface area contributed by atoms with Gasteiger partial charge in [-0.2, -0.15) is 5.10 Å². The number of likely N-dealkylation sites (tertiary alicyclic amines) is 1. The number of nitrogens with one attached hydrogen (secondary N) is 1. The van der Waals surface area contributed by atoms with Crippen LogP contribution in [0.15, 0.2) is 41.1 Å². The molecule has 5 heteroatoms. The van der Waals surface area contributed by atoms with Crippen molar-refractivity contribution < 1.29 is 4.52 Å². The molecular weight excluding hydrogens is 312 g/mol. The molecule has 0 amide bonds. The van der Waals surface area contributed by atoms with E-state index in [1.54, 1.807) is 0 Å². The Bertz CT molecular complexity index is 851. The zero-order valence-corrected chi connectivity index (χ0v) is 14.8. The minimum atomic E-state index is 0.330. The van der Waals surface area contributed by atoms with Gasteiger partial charge < -0.3 is 4.52 Å². The van der Waals surface area contributed by atoms with Crippen LogP contribution in [0.2, 0.25) is 0 Å². The van der Waals surface area contributed by atoms with Gasteiger partial charge in [0.15, 0.2) is 5.76 Å². The van der Waals surface area contributed by atoms with E-state index >= 15 is 0 Å². The Morgan fingerprint density at radius 2 is 2.12 bits per heavy atom. The predicted octanol–water partition coefficient (Wildman–Crippen LogP) is 4.41. The van der Waals surface area contributed by atoms with Crippen molar-refractivity contribution in [1.29, 1.82) is 0 Å². The molecule has 2 aromatic heterocycles. The number of benzene rings is 1. The second-order valence-electron chi connectivity index (χ2n) is 6.94. The minimum absolute atomic E-state index is 0.330. The van der Waals surface area contributed by atoms with Gasteiger partial charge in [0.2, 0.25) is 0 Å². The van der Waals surface area contributed by atoms with Crippen LogP contribution in [0.4, 0.5) is 0 Å². The molecule has 25 heavy (non-hydrogen) atoms. The van der Waals surface area contributed by atoms with Gasteiger partial charge in [-0.25, -0.2) is 0 Å². The molecule has 1 fully saturated rings. The molecule has 0 radical (unpaired) electrons. The minimum Gasteiger partial charge on any atom is -0.356 e. The lowest BCUT2D eigenvalue weighted by atomic mass is 9.95. The fourth-order valence-electron chi connectivity index (χ4n) is 3.75. The van der Waals surface area contributed by atoms with Crippen LogP contribution in [0.1, 0.15) is 47.8 Å². The third kappa shape index (κ3) is 3.24. The highest BCUT2D eigenvalue weighted by Gasteiger charge is 2.29. The molecule has 130 valence electrons. The van der Waals surface area contributed by atoms with Gasteiger partial charge in [-0.3, -0.25) is 10.00 Å². The Hall–Kier alpha value is -2.40. The first-order valence-electron chi connectivity index (χ1n) is 8.98. The Morgan fingerprint density at radius 3 is 2.92 bits per heavy atom. The van der Waals surface area contributed by atoms with Crippen LogP contribution in [-0.2, 0) is 6.54 Å². The first-order chi connectivity index (χ1) is 12.2. The summed E-state index contributed by atoms with van der Waals surface area (Å²) in [5, 5.41) is 11.6. The first-order valence-corrected chi connectivity index (χ1v) is 8.98. The number of hydrogen-bond acceptors (Lipinski definition) is 4. The number of aromatic amines is 1. The van der Waals surface area contributed by atoms with Gasteiger partial charge in [-0.15, -0.1) is 0 Å². The number of aryl methyl sites for hydroxylation is 2. The molecule has 0 unspecified atom stereocenters. The first kappa shape index (κ1) is 16.1. The second-order valence-corrected chi connectivity index (χ2v) is 6.94. The van der Waals surface area contributed by atoms with Crippen LogP contribution < -0.4 is 0 Å². The Labute approximate surface area is 148 Å². The highest BCUT2D eigenvalue weighted by Crippen LogP contribution is 2.36. The van der Waals surface area contributed by atoms with Crippen molar-refractivity contribution in [1.82, 2.24) is 20.3 Å². The monoisotopic (exact) mass is 336 g/mol. The molecule has 1 N–H and O–H groups in total. The van der Waals surface area contributed by atoms with Gasteiger partial charge in [0, 0.05) is 12.6 Å². The van der Waals surface area contributed by atoms with E-state index in [1.807, 2.05) is 19.2 Å². The van der Waals surface area contributed by atoms with Crippen LogP contribution >= 0.6 is 0 Å². The van der Waals surface area contributed by atoms with Gasteiger partial charge >= 0.3 is 0 Å². The summed E-state index contributed by atoms with van der Waals surface area (Å²) in [6.07, 6.45) is 5.47. The number of piperidine rings is 1. The maximum atomic E-state index is 5.48. The van der Waals surface area contributed by atoms with E-state index < -0.39 is 0 Å². The third-order valence-electron chi connectivity index (χ3n) is 5.14. The highest BCUT2D eigenvalue weighted by atomic mass is 16.5. The summed E-state index contributed by atoms with van der Waals surface area (Å²) in [4.78, 5) is 2.56. The van der Waals surface area contributed by atoms with Crippen molar-refractivity contribution in [3.63, 3.8) is 0 Å². The average molecular weight is 336 g/mol. The van der Waals surface area contributed by atoms with Gasteiger partial charge in [0.25, 0.3) is 0 Å². The van der Waals surface area contributed by atoms with Crippen molar-refractivity contribution in [3.05, 3.63) is 59.0 Å². The predicted molar refractivity (Wildman–Crippen MR) is 97.0 cm³/mol. The van der Waals surface area contributed by atoms with Crippen LogP contribution in [0.5, 0.6) is 0 Å². The molecule has 1 saturated heterocycles. The molecule has 1 aliphatic heterocycles. The van der Waals surface area contributed by atoms with E-state index in [9.17, 15) is 0 Å². The van der Waals surface area contributed by atoms with Crippen molar-refractivity contribution in [3.8, 4) is 11.3 Å². The summed E-state index contributed by atoms with van der Waals surface area (Å²) < 4.78 is 5.48. The summed E-state index contributed by atoms with van der Waals surface area (Å²) >= 11 is 0. The molecule has 0 bridgehead atoms. The molecule has 5 nitrogen and oxygen atoms in total. The molecule has 3 aromatic rings. The van der Waals surface area contributed by atoms with Crippen molar-refractivity contribution >= 4 is 0 Å². The summed E-state index contributed by atoms with van der Waals surface area (Å²) in [6.45, 7) is 6.20. The second kappa shape index (κ2) is 6.84. The van der Waals surface area contributed by atoms with Gasteiger partial charge in [-0.1, -0.05) is 35.8 Å². The van der Waals surface area contributed by atoms with Crippen LogP contribution in [0, 0.1) is 13.8 Å². The van der Waals surface area contributed by atoms with Gasteiger partial charge in [0.1, 0.15) is 0 Å². The lowest BCUT2D eigenvalue weighted by Gasteiger charge is -2.35. The van der Waals surface area contributed by atoms with E-state index in [0.717, 1.165) is 42.2 Å². The summed E-state index contributed by atoms with van der Waals surface area (Å²) in [5.74, 6) is 0.794. The molecule has 1 aromatic carbocycles. The summed E-state index contributed by atoms with van der Waals surface area (Å²) in [7, 11) is 0. The highest BCUT2D eigenvalue weighted by molar-refractivity contribution is 5.60. The quantitative estimate of drug-likeness (QED) is 0.767. The molecule has 0 aliphatic carbocycles. The van der Waals surface area contributed by atoms with E-state index in [4.69, 9.17) is 4.52 Å². The number of hydrogen-bond donors (Lipinski definition) is 1. The molecule has 0 spiro atoms. The maximum Gasteiger partial charge on any atom is 0.170 e. The third-order valence-corrected chi connectivity index (χ3v) is 5.14. The zero-order chi connectivity index (χ0) is 17.2. The van der Waals surface area contributed by atoms with Crippen LogP contribution in [-0.4, -0.2) is 26.8 Å². The lowest BCUT2D eigenvalue weighted by molar-refractivity contribution is 0.137. The number of aromatic nitrogens is 3. The topological polar surface area (TPSA) is 58.0 Å². The van der Waals surface area contributed by atoms with Crippen molar-refractivity contribution in [2.24, 2.45) is 0 Å². The smallest absolute Gasteiger partial charge is 0.170 e. The zero-order valence-electron chi connectivity index (χ0n) is 14.8. The fraction of sp³-hybridized carbons (Fsp3) is 0.400. The van der Waals surface area contributed by atoms with E-state index in [0.29, 0.717) is 6.04 Å². The van der Waals surface area contributed by atoms with Gasteiger partial charge in [0.05, 0.1) is 29.2 Å². The number of H-pyrrole nitrogens is 1. The van der Waals surface area contributed by atoms with Crippen LogP contribution in [0.25, 0.3) is 11.3 Å². The molecule has 1 atom stereocenters.